The standard InChI is InChI=1S/C18H23N3O6S/c1-12(17(22)21(2)10-4-9-19)27-18(23)13-5-8-15(26-3)16(11-13)28(24,25)20-14-6-7-14/h5,8,11-12,14,20H,4,6-7,10H2,1-3H3/t12-/m1/s1. The number of carbonyl (C=O) groups is 2. The van der Waals surface area contributed by atoms with Crippen LogP contribution in [0.15, 0.2) is 23.1 Å². The summed E-state index contributed by atoms with van der Waals surface area (Å²) in [4.78, 5) is 25.7. The van der Waals surface area contributed by atoms with Crippen LogP contribution in [0.1, 0.15) is 36.5 Å². The van der Waals surface area contributed by atoms with E-state index >= 15 is 0 Å². The summed E-state index contributed by atoms with van der Waals surface area (Å²) in [6.45, 7) is 1.63. The lowest BCUT2D eigenvalue weighted by molar-refractivity contribution is -0.138. The molecule has 28 heavy (non-hydrogen) atoms. The first-order valence-electron chi connectivity index (χ1n) is 8.73. The van der Waals surface area contributed by atoms with E-state index in [2.05, 4.69) is 4.72 Å². The van der Waals surface area contributed by atoms with Crippen molar-refractivity contribution in [2.45, 2.75) is 43.2 Å². The van der Waals surface area contributed by atoms with Gasteiger partial charge < -0.3 is 14.4 Å². The number of carbonyl (C=O) groups excluding carboxylic acids is 2. The summed E-state index contributed by atoms with van der Waals surface area (Å²) < 4.78 is 37.9. The molecule has 10 heteroatoms. The second kappa shape index (κ2) is 9.03. The molecule has 152 valence electrons. The smallest absolute Gasteiger partial charge is 0.338 e. The molecular formula is C18H23N3O6S. The number of nitrogens with zero attached hydrogens (tertiary/aromatic N) is 2. The molecule has 1 aliphatic carbocycles. The van der Waals surface area contributed by atoms with Crippen LogP contribution in [-0.2, 0) is 19.6 Å². The van der Waals surface area contributed by atoms with Gasteiger partial charge in [-0.1, -0.05) is 0 Å². The van der Waals surface area contributed by atoms with Gasteiger partial charge in [-0.25, -0.2) is 17.9 Å². The second-order valence-electron chi connectivity index (χ2n) is 6.48. The Labute approximate surface area is 164 Å². The van der Waals surface area contributed by atoms with E-state index in [9.17, 15) is 18.0 Å². The van der Waals surface area contributed by atoms with E-state index < -0.39 is 28.0 Å². The Morgan fingerprint density at radius 3 is 2.64 bits per heavy atom. The van der Waals surface area contributed by atoms with E-state index in [1.165, 1.54) is 44.2 Å². The summed E-state index contributed by atoms with van der Waals surface area (Å²) in [5, 5.41) is 8.58. The van der Waals surface area contributed by atoms with Crippen LogP contribution in [0.5, 0.6) is 5.75 Å². The van der Waals surface area contributed by atoms with E-state index in [4.69, 9.17) is 14.7 Å². The third kappa shape index (κ3) is 5.43. The van der Waals surface area contributed by atoms with Gasteiger partial charge in [-0.05, 0) is 38.0 Å². The Balaban J connectivity index is 2.16. The van der Waals surface area contributed by atoms with Crippen LogP contribution in [0.2, 0.25) is 0 Å². The van der Waals surface area contributed by atoms with Crippen LogP contribution >= 0.6 is 0 Å². The Morgan fingerprint density at radius 2 is 2.07 bits per heavy atom. The number of nitriles is 1. The molecule has 1 aromatic carbocycles. The Bertz CT molecular complexity index is 889. The van der Waals surface area contributed by atoms with Gasteiger partial charge in [0.05, 0.1) is 25.2 Å². The van der Waals surface area contributed by atoms with Crippen molar-refractivity contribution >= 4 is 21.9 Å². The molecule has 0 bridgehead atoms. The highest BCUT2D eigenvalue weighted by Gasteiger charge is 2.31. The van der Waals surface area contributed by atoms with Crippen molar-refractivity contribution < 1.29 is 27.5 Å². The fraction of sp³-hybridized carbons (Fsp3) is 0.500. The number of methoxy groups -OCH3 is 1. The van der Waals surface area contributed by atoms with Gasteiger partial charge in [0.2, 0.25) is 10.0 Å². The number of sulfonamides is 1. The minimum Gasteiger partial charge on any atom is -0.495 e. The molecule has 1 aromatic rings. The molecule has 1 saturated carbocycles. The fourth-order valence-electron chi connectivity index (χ4n) is 2.42. The molecule has 1 atom stereocenters. The summed E-state index contributed by atoms with van der Waals surface area (Å²) in [5.41, 5.74) is -0.0173. The highest BCUT2D eigenvalue weighted by Crippen LogP contribution is 2.28. The molecule has 1 N–H and O–H groups in total. The summed E-state index contributed by atoms with van der Waals surface area (Å²) in [7, 11) is -1.01. The third-order valence-electron chi connectivity index (χ3n) is 4.15. The molecule has 0 heterocycles. The predicted octanol–water partition coefficient (Wildman–Crippen LogP) is 1.05. The molecule has 1 fully saturated rings. The molecule has 0 radical (unpaired) electrons. The van der Waals surface area contributed by atoms with Crippen LogP contribution in [0, 0.1) is 11.3 Å². The normalized spacial score (nSPS) is 14.6. The van der Waals surface area contributed by atoms with Crippen LogP contribution in [0.4, 0.5) is 0 Å². The van der Waals surface area contributed by atoms with Crippen molar-refractivity contribution in [2.75, 3.05) is 20.7 Å². The van der Waals surface area contributed by atoms with Crippen molar-refractivity contribution in [3.8, 4) is 11.8 Å². The number of benzene rings is 1. The molecular weight excluding hydrogens is 386 g/mol. The first-order valence-corrected chi connectivity index (χ1v) is 10.2. The van der Waals surface area contributed by atoms with Gasteiger partial charge in [-0.15, -0.1) is 0 Å². The quantitative estimate of drug-likeness (QED) is 0.604. The first-order chi connectivity index (χ1) is 13.2. The lowest BCUT2D eigenvalue weighted by Gasteiger charge is -2.20. The number of hydrogen-bond acceptors (Lipinski definition) is 7. The predicted molar refractivity (Wildman–Crippen MR) is 99.1 cm³/mol. The zero-order valence-electron chi connectivity index (χ0n) is 16.0. The number of esters is 1. The average molecular weight is 409 g/mol. The minimum atomic E-state index is -3.85. The minimum absolute atomic E-state index is 0.0173. The molecule has 1 amide bonds. The Kier molecular flexibility index (Phi) is 6.99. The number of amides is 1. The molecule has 0 saturated heterocycles. The van der Waals surface area contributed by atoms with E-state index in [1.807, 2.05) is 6.07 Å². The third-order valence-corrected chi connectivity index (χ3v) is 5.70. The van der Waals surface area contributed by atoms with Crippen LogP contribution < -0.4 is 9.46 Å². The lowest BCUT2D eigenvalue weighted by Crippen LogP contribution is -2.38. The van der Waals surface area contributed by atoms with Gasteiger partial charge in [0, 0.05) is 19.6 Å². The zero-order chi connectivity index (χ0) is 20.9. The van der Waals surface area contributed by atoms with Gasteiger partial charge in [0.25, 0.3) is 5.91 Å². The SMILES string of the molecule is COc1ccc(C(=O)O[C@H](C)C(=O)N(C)CCC#N)cc1S(=O)(=O)NC1CC1. The van der Waals surface area contributed by atoms with Crippen molar-refractivity contribution in [1.82, 2.24) is 9.62 Å². The van der Waals surface area contributed by atoms with E-state index in [-0.39, 0.29) is 35.2 Å². The van der Waals surface area contributed by atoms with Gasteiger partial charge >= 0.3 is 5.97 Å². The largest absolute Gasteiger partial charge is 0.495 e. The number of rotatable bonds is 9. The maximum Gasteiger partial charge on any atom is 0.338 e. The first kappa shape index (κ1) is 21.7. The molecule has 0 spiro atoms. The summed E-state index contributed by atoms with van der Waals surface area (Å²) in [6, 6.07) is 5.73. The van der Waals surface area contributed by atoms with Gasteiger partial charge in [-0.3, -0.25) is 4.79 Å². The van der Waals surface area contributed by atoms with E-state index in [0.717, 1.165) is 12.8 Å². The number of hydrogen-bond donors (Lipinski definition) is 1. The van der Waals surface area contributed by atoms with Crippen molar-refractivity contribution in [3.63, 3.8) is 0 Å². The average Bonchev–Trinajstić information content (AvgIpc) is 3.47. The van der Waals surface area contributed by atoms with Gasteiger partial charge in [-0.2, -0.15) is 5.26 Å². The number of nitrogens with one attached hydrogen (secondary N) is 1. The maximum atomic E-state index is 12.5. The van der Waals surface area contributed by atoms with Crippen LogP contribution in [0.3, 0.4) is 0 Å². The molecule has 0 aromatic heterocycles. The summed E-state index contributed by atoms with van der Waals surface area (Å²) in [5.74, 6) is -1.19. The van der Waals surface area contributed by atoms with Gasteiger partial charge in [0.15, 0.2) is 6.10 Å². The fourth-order valence-corrected chi connectivity index (χ4v) is 3.91. The van der Waals surface area contributed by atoms with Crippen molar-refractivity contribution in [2.24, 2.45) is 0 Å². The highest BCUT2D eigenvalue weighted by atomic mass is 32.2. The number of likely N-dealkylation sites (N-methyl/N-ethyl adjacent to an activating group) is 1. The Morgan fingerprint density at radius 1 is 1.39 bits per heavy atom. The monoisotopic (exact) mass is 409 g/mol. The molecule has 9 nitrogen and oxygen atoms in total. The zero-order valence-corrected chi connectivity index (χ0v) is 16.8. The van der Waals surface area contributed by atoms with E-state index in [1.54, 1.807) is 0 Å². The highest BCUT2D eigenvalue weighted by molar-refractivity contribution is 7.89. The lowest BCUT2D eigenvalue weighted by atomic mass is 10.2. The van der Waals surface area contributed by atoms with Crippen molar-refractivity contribution in [1.29, 1.82) is 5.26 Å². The molecule has 0 unspecified atom stereocenters. The van der Waals surface area contributed by atoms with Crippen molar-refractivity contribution in [3.05, 3.63) is 23.8 Å². The second-order valence-corrected chi connectivity index (χ2v) is 8.16. The maximum absolute atomic E-state index is 12.5. The summed E-state index contributed by atoms with van der Waals surface area (Å²) >= 11 is 0. The molecule has 0 aliphatic heterocycles. The van der Waals surface area contributed by atoms with Crippen LogP contribution in [-0.4, -0.2) is 58.0 Å². The Hall–Kier alpha value is -2.64. The molecule has 2 rings (SSSR count). The number of ether oxygens (including phenoxy) is 2. The molecule has 1 aliphatic rings. The topological polar surface area (TPSA) is 126 Å². The van der Waals surface area contributed by atoms with Gasteiger partial charge in [0.1, 0.15) is 10.6 Å². The van der Waals surface area contributed by atoms with E-state index in [0.29, 0.717) is 0 Å². The van der Waals surface area contributed by atoms with Crippen LogP contribution in [0.25, 0.3) is 0 Å². The summed E-state index contributed by atoms with van der Waals surface area (Å²) in [6.07, 6.45) is 0.615.